The van der Waals surface area contributed by atoms with Gasteiger partial charge in [-0.15, -0.1) is 10.2 Å². The molecule has 4 nitrogen and oxygen atoms in total. The summed E-state index contributed by atoms with van der Waals surface area (Å²) in [5, 5.41) is 9.33. The zero-order valence-corrected chi connectivity index (χ0v) is 19.1. The van der Waals surface area contributed by atoms with E-state index in [1.165, 1.54) is 6.20 Å². The average molecular weight is 414 g/mol. The third-order valence-electron chi connectivity index (χ3n) is 5.52. The topological polar surface area (TPSA) is 34.6 Å². The Bertz CT molecular complexity index is 1410. The van der Waals surface area contributed by atoms with Crippen molar-refractivity contribution in [1.29, 1.82) is 0 Å². The number of aromatic nitrogens is 4. The van der Waals surface area contributed by atoms with E-state index in [1.54, 1.807) is 43.0 Å². The van der Waals surface area contributed by atoms with Crippen LogP contribution < -0.4 is 15.2 Å². The molecule has 0 fully saturated rings. The summed E-state index contributed by atoms with van der Waals surface area (Å²) in [4.78, 5) is 0. The van der Waals surface area contributed by atoms with Crippen LogP contribution in [0.2, 0.25) is 13.1 Å². The smallest absolute Gasteiger partial charge is 0.212 e. The molecule has 3 aromatic rings. The molecule has 1 aliphatic rings. The van der Waals surface area contributed by atoms with E-state index in [1.807, 2.05) is 19.1 Å². The molecule has 1 aliphatic heterocycles. The van der Waals surface area contributed by atoms with E-state index in [9.17, 15) is 0 Å². The Morgan fingerprint density at radius 2 is 1.93 bits per heavy atom. The number of fused-ring (bicyclic) bond motifs is 3. The zero-order valence-electron chi connectivity index (χ0n) is 26.1. The largest absolute Gasteiger partial charge is 0.287 e. The molecule has 3 heterocycles. The van der Waals surface area contributed by atoms with Crippen molar-refractivity contribution >= 4 is 18.7 Å². The van der Waals surface area contributed by atoms with E-state index >= 15 is 0 Å². The molecule has 152 valence electrons. The molecule has 2 aromatic heterocycles. The van der Waals surface area contributed by atoms with Crippen LogP contribution in [0.4, 0.5) is 0 Å². The number of rotatable bonds is 2. The van der Waals surface area contributed by atoms with Crippen molar-refractivity contribution in [3.05, 3.63) is 46.9 Å². The number of hydrogen-bond donors (Lipinski definition) is 0. The predicted molar refractivity (Wildman–Crippen MR) is 122 cm³/mol. The van der Waals surface area contributed by atoms with Crippen LogP contribution in [0.25, 0.3) is 16.9 Å². The van der Waals surface area contributed by atoms with Gasteiger partial charge < -0.3 is 0 Å². The van der Waals surface area contributed by atoms with Crippen LogP contribution in [0.3, 0.4) is 0 Å². The van der Waals surface area contributed by atoms with Crippen LogP contribution in [-0.2, 0) is 13.4 Å². The first-order valence-electron chi connectivity index (χ1n) is 13.8. The summed E-state index contributed by atoms with van der Waals surface area (Å²) in [5.74, 6) is -0.0801. The fourth-order valence-corrected chi connectivity index (χ4v) is 7.37. The second-order valence-electron chi connectivity index (χ2n) is 9.43. The Hall–Kier alpha value is -2.27. The Morgan fingerprint density at radius 3 is 2.59 bits per heavy atom. The van der Waals surface area contributed by atoms with Crippen molar-refractivity contribution in [1.82, 2.24) is 14.8 Å². The highest BCUT2D eigenvalue weighted by Crippen LogP contribution is 2.31. The third kappa shape index (κ3) is 3.07. The van der Waals surface area contributed by atoms with Gasteiger partial charge in [0.05, 0.1) is 5.56 Å². The monoisotopic (exact) mass is 413 g/mol. The lowest BCUT2D eigenvalue weighted by atomic mass is 9.86. The molecule has 4 rings (SSSR count). The Labute approximate surface area is 186 Å². The van der Waals surface area contributed by atoms with Gasteiger partial charge in [-0.3, -0.25) is 4.57 Å². The molecule has 0 spiro atoms. The van der Waals surface area contributed by atoms with Crippen LogP contribution in [-0.4, -0.2) is 22.8 Å². The summed E-state index contributed by atoms with van der Waals surface area (Å²) >= 11 is 0. The summed E-state index contributed by atoms with van der Waals surface area (Å²) in [6.45, 7) is 6.47. The summed E-state index contributed by atoms with van der Waals surface area (Å²) in [7, 11) is -0.789. The minimum Gasteiger partial charge on any atom is -0.287 e. The number of hydrogen-bond acceptors (Lipinski definition) is 2. The van der Waals surface area contributed by atoms with Gasteiger partial charge in [-0.1, -0.05) is 39.9 Å². The Balaban J connectivity index is 2.11. The van der Waals surface area contributed by atoms with Gasteiger partial charge in [0, 0.05) is 28.3 Å². The number of nitrogens with zero attached hydrogens (tertiary/aromatic N) is 4. The summed E-state index contributed by atoms with van der Waals surface area (Å²) in [6.07, 6.45) is -0.429. The SMILES string of the molecule is [2H]C([2H])([2H])c1c[n+](C)c(-c2c(C)ccc3c2[Si](C)(C)c2nnc(C([2H])([2H])[2H])n2-3)cc1C([2H])([2H])C(C)(C)C. The van der Waals surface area contributed by atoms with E-state index in [4.69, 9.17) is 11.0 Å². The molecule has 1 aromatic carbocycles. The van der Waals surface area contributed by atoms with Gasteiger partial charge in [-0.05, 0) is 54.8 Å². The molecular formula is C24H33N4Si+. The molecule has 29 heavy (non-hydrogen) atoms. The van der Waals surface area contributed by atoms with E-state index in [-0.39, 0.29) is 17.0 Å². The molecular weight excluding hydrogens is 372 g/mol. The lowest BCUT2D eigenvalue weighted by Crippen LogP contribution is -2.52. The molecule has 0 unspecified atom stereocenters. The maximum absolute atomic E-state index is 8.96. The average Bonchev–Trinajstić information content (AvgIpc) is 3.26. The van der Waals surface area contributed by atoms with Crippen LogP contribution >= 0.6 is 0 Å². The van der Waals surface area contributed by atoms with Crippen molar-refractivity contribution in [2.45, 2.75) is 60.9 Å². The lowest BCUT2D eigenvalue weighted by molar-refractivity contribution is -0.660. The summed E-state index contributed by atoms with van der Waals surface area (Å²) in [5.41, 5.74) is 3.03. The molecule has 0 amide bonds. The minimum atomic E-state index is -2.55. The first-order chi connectivity index (χ1) is 16.6. The first kappa shape index (κ1) is 12.4. The molecule has 0 radical (unpaired) electrons. The maximum Gasteiger partial charge on any atom is 0.212 e. The Kier molecular flexibility index (Phi) is 2.73. The predicted octanol–water partition coefficient (Wildman–Crippen LogP) is 3.41. The van der Waals surface area contributed by atoms with E-state index in [0.29, 0.717) is 16.8 Å². The van der Waals surface area contributed by atoms with Gasteiger partial charge in [-0.25, -0.2) is 4.57 Å². The molecule has 0 bridgehead atoms. The third-order valence-corrected chi connectivity index (χ3v) is 8.72. The van der Waals surface area contributed by atoms with Crippen molar-refractivity contribution in [2.75, 3.05) is 0 Å². The van der Waals surface area contributed by atoms with Crippen LogP contribution in [0, 0.1) is 26.0 Å². The van der Waals surface area contributed by atoms with Gasteiger partial charge in [0.2, 0.25) is 5.69 Å². The molecule has 5 heteroatoms. The zero-order chi connectivity index (χ0) is 28.1. The highest BCUT2D eigenvalue weighted by molar-refractivity contribution is 7.02. The van der Waals surface area contributed by atoms with Gasteiger partial charge in [0.25, 0.3) is 0 Å². The van der Waals surface area contributed by atoms with Crippen LogP contribution in [0.15, 0.2) is 24.4 Å². The fourth-order valence-electron chi connectivity index (χ4n) is 4.28. The highest BCUT2D eigenvalue weighted by Gasteiger charge is 2.44. The second-order valence-corrected chi connectivity index (χ2v) is 13.6. The summed E-state index contributed by atoms with van der Waals surface area (Å²) in [6, 6.07) is 5.47. The lowest BCUT2D eigenvalue weighted by Gasteiger charge is -2.22. The minimum absolute atomic E-state index is 0.0257. The standard InChI is InChI=1S/C24H33N4Si/c1-15-10-11-19-22(29(8,9)23-26-25-17(3)28(19)23)21(15)20-12-18(13-24(4,5)6)16(2)14-27(20)7/h10-12,14H,13H2,1-9H3/q+1/i2D3,3D3,13D2. The Morgan fingerprint density at radius 1 is 1.17 bits per heavy atom. The van der Waals surface area contributed by atoms with Crippen molar-refractivity contribution in [3.8, 4) is 16.9 Å². The first-order valence-corrected chi connectivity index (χ1v) is 12.8. The summed E-state index contributed by atoms with van der Waals surface area (Å²) < 4.78 is 69.7. The van der Waals surface area contributed by atoms with Crippen LogP contribution in [0.1, 0.15) is 54.3 Å². The van der Waals surface area contributed by atoms with Gasteiger partial charge in [0.1, 0.15) is 18.3 Å². The van der Waals surface area contributed by atoms with Crippen molar-refractivity contribution in [2.24, 2.45) is 12.5 Å². The van der Waals surface area contributed by atoms with E-state index in [0.717, 1.165) is 16.3 Å². The van der Waals surface area contributed by atoms with Crippen molar-refractivity contribution < 1.29 is 15.5 Å². The molecule has 0 saturated heterocycles. The second kappa shape index (κ2) is 6.36. The normalized spacial score (nSPS) is 20.2. The number of benzene rings is 1. The number of aryl methyl sites for hydroxylation is 4. The van der Waals surface area contributed by atoms with Gasteiger partial charge in [-0.2, -0.15) is 0 Å². The van der Waals surface area contributed by atoms with Gasteiger partial charge >= 0.3 is 0 Å². The molecule has 0 aliphatic carbocycles. The molecule has 0 N–H and O–H groups in total. The fraction of sp³-hybridized carbons (Fsp3) is 0.458. The highest BCUT2D eigenvalue weighted by atomic mass is 28.3. The van der Waals surface area contributed by atoms with Crippen LogP contribution in [0.5, 0.6) is 0 Å². The maximum atomic E-state index is 8.96. The molecule has 0 atom stereocenters. The molecule has 0 saturated carbocycles. The number of pyridine rings is 1. The van der Waals surface area contributed by atoms with Gasteiger partial charge in [0.15, 0.2) is 14.3 Å². The van der Waals surface area contributed by atoms with E-state index in [2.05, 4.69) is 23.3 Å². The quantitative estimate of drug-likeness (QED) is 0.477. The van der Waals surface area contributed by atoms with Crippen molar-refractivity contribution in [3.63, 3.8) is 0 Å². The van der Waals surface area contributed by atoms with E-state index < -0.39 is 33.6 Å².